The lowest BCUT2D eigenvalue weighted by Crippen LogP contribution is -2.49. The fraction of sp³-hybridized carbons (Fsp3) is 0.579. The van der Waals surface area contributed by atoms with Crippen molar-refractivity contribution in [2.45, 2.75) is 51.2 Å². The maximum absolute atomic E-state index is 13.8. The number of carbonyl (C=O) groups is 2. The smallest absolute Gasteiger partial charge is 0.410 e. The van der Waals surface area contributed by atoms with Crippen LogP contribution in [-0.2, 0) is 4.74 Å². The van der Waals surface area contributed by atoms with Crippen LogP contribution in [0.2, 0.25) is 0 Å². The van der Waals surface area contributed by atoms with Gasteiger partial charge >= 0.3 is 6.09 Å². The molecule has 1 spiro atoms. The normalized spacial score (nSPS) is 20.4. The lowest BCUT2D eigenvalue weighted by Gasteiger charge is -2.37. The monoisotopic (exact) mass is 366 g/mol. The molecule has 0 unspecified atom stereocenters. The van der Waals surface area contributed by atoms with Crippen LogP contribution in [0.1, 0.15) is 49.9 Å². The second-order valence-electron chi connectivity index (χ2n) is 7.23. The van der Waals surface area contributed by atoms with E-state index in [1.165, 1.54) is 4.90 Å². The molecule has 1 aromatic carbocycles. The third kappa shape index (κ3) is 3.52. The van der Waals surface area contributed by atoms with Crippen LogP contribution in [-0.4, -0.2) is 53.1 Å². The highest BCUT2D eigenvalue weighted by Gasteiger charge is 2.48. The Bertz CT molecular complexity index is 702. The molecule has 7 heteroatoms. The maximum atomic E-state index is 13.8. The van der Waals surface area contributed by atoms with Gasteiger partial charge in [0.2, 0.25) is 0 Å². The zero-order valence-electron chi connectivity index (χ0n) is 15.1. The van der Waals surface area contributed by atoms with Crippen molar-refractivity contribution in [2.75, 3.05) is 19.6 Å². The number of hydrogen-bond donors (Lipinski definition) is 0. The summed E-state index contributed by atoms with van der Waals surface area (Å²) in [6.45, 7) is 5.29. The largest absolute Gasteiger partial charge is 0.441 e. The predicted octanol–water partition coefficient (Wildman–Crippen LogP) is 3.58. The minimum atomic E-state index is -0.733. The lowest BCUT2D eigenvalue weighted by atomic mass is 9.90. The van der Waals surface area contributed by atoms with E-state index >= 15 is 0 Å². The van der Waals surface area contributed by atoms with Gasteiger partial charge in [-0.3, -0.25) is 4.79 Å². The molecule has 0 radical (unpaired) electrons. The van der Waals surface area contributed by atoms with Crippen molar-refractivity contribution >= 4 is 12.0 Å². The molecule has 0 aromatic heterocycles. The van der Waals surface area contributed by atoms with Crippen LogP contribution in [0.3, 0.4) is 0 Å². The molecule has 26 heavy (non-hydrogen) atoms. The number of rotatable bonds is 4. The number of benzene rings is 1. The molecular formula is C19H24F2N2O3. The van der Waals surface area contributed by atoms with Gasteiger partial charge in [0.05, 0.1) is 12.1 Å². The first-order valence-corrected chi connectivity index (χ1v) is 9.09. The van der Waals surface area contributed by atoms with E-state index in [-0.39, 0.29) is 17.7 Å². The SMILES string of the molecule is CCC[C@@H](C)N1CC2(CCN(C(=O)c3cc(F)ccc3F)CC2)OC1=O. The Hall–Kier alpha value is -2.18. The topological polar surface area (TPSA) is 49.9 Å². The van der Waals surface area contributed by atoms with Crippen molar-refractivity contribution < 1.29 is 23.1 Å². The summed E-state index contributed by atoms with van der Waals surface area (Å²) in [5.74, 6) is -1.91. The van der Waals surface area contributed by atoms with E-state index in [2.05, 4.69) is 6.92 Å². The average Bonchev–Trinajstić information content (AvgIpc) is 2.93. The highest BCUT2D eigenvalue weighted by molar-refractivity contribution is 5.94. The van der Waals surface area contributed by atoms with Crippen molar-refractivity contribution in [3.05, 3.63) is 35.4 Å². The number of carbonyl (C=O) groups excluding carboxylic acids is 2. The summed E-state index contributed by atoms with van der Waals surface area (Å²) >= 11 is 0. The molecule has 2 amide bonds. The van der Waals surface area contributed by atoms with Gasteiger partial charge in [-0.15, -0.1) is 0 Å². The Morgan fingerprint density at radius 2 is 2.00 bits per heavy atom. The summed E-state index contributed by atoms with van der Waals surface area (Å²) < 4.78 is 32.8. The summed E-state index contributed by atoms with van der Waals surface area (Å²) in [7, 11) is 0. The van der Waals surface area contributed by atoms with Crippen LogP contribution < -0.4 is 0 Å². The fourth-order valence-electron chi connectivity index (χ4n) is 3.77. The van der Waals surface area contributed by atoms with Gasteiger partial charge in [0, 0.05) is 32.0 Å². The summed E-state index contributed by atoms with van der Waals surface area (Å²) in [4.78, 5) is 28.0. The quantitative estimate of drug-likeness (QED) is 0.818. The second kappa shape index (κ2) is 7.21. The molecular weight excluding hydrogens is 342 g/mol. The maximum Gasteiger partial charge on any atom is 0.410 e. The van der Waals surface area contributed by atoms with Gasteiger partial charge in [0.25, 0.3) is 5.91 Å². The summed E-state index contributed by atoms with van der Waals surface area (Å²) in [5.41, 5.74) is -0.848. The number of amides is 2. The van der Waals surface area contributed by atoms with Crippen molar-refractivity contribution in [1.82, 2.24) is 9.80 Å². The van der Waals surface area contributed by atoms with E-state index in [0.717, 1.165) is 31.0 Å². The van der Waals surface area contributed by atoms with Crippen molar-refractivity contribution in [3.8, 4) is 0 Å². The molecule has 2 aliphatic rings. The Morgan fingerprint density at radius 1 is 1.31 bits per heavy atom. The molecule has 1 aromatic rings. The van der Waals surface area contributed by atoms with Gasteiger partial charge in [-0.1, -0.05) is 13.3 Å². The molecule has 2 aliphatic heterocycles. The first-order valence-electron chi connectivity index (χ1n) is 9.09. The standard InChI is InChI=1S/C19H24F2N2O3/c1-3-4-13(2)23-12-19(26-18(23)25)7-9-22(10-8-19)17(24)15-11-14(20)5-6-16(15)21/h5-6,11,13H,3-4,7-10,12H2,1-2H3/t13-/m1/s1. The van der Waals surface area contributed by atoms with Crippen LogP contribution >= 0.6 is 0 Å². The second-order valence-corrected chi connectivity index (χ2v) is 7.23. The average molecular weight is 366 g/mol. The molecule has 0 aliphatic carbocycles. The minimum Gasteiger partial charge on any atom is -0.441 e. The Morgan fingerprint density at radius 3 is 2.65 bits per heavy atom. The number of likely N-dealkylation sites (tertiary alicyclic amines) is 1. The zero-order valence-corrected chi connectivity index (χ0v) is 15.1. The summed E-state index contributed by atoms with van der Waals surface area (Å²) in [6, 6.07) is 2.99. The molecule has 1 atom stereocenters. The Labute approximate surface area is 151 Å². The zero-order chi connectivity index (χ0) is 18.9. The molecule has 142 valence electrons. The highest BCUT2D eigenvalue weighted by Crippen LogP contribution is 2.35. The van der Waals surface area contributed by atoms with Gasteiger partial charge in [-0.25, -0.2) is 13.6 Å². The molecule has 2 saturated heterocycles. The third-order valence-electron chi connectivity index (χ3n) is 5.36. The van der Waals surface area contributed by atoms with Crippen molar-refractivity contribution in [2.24, 2.45) is 0 Å². The molecule has 2 heterocycles. The van der Waals surface area contributed by atoms with Gasteiger partial charge < -0.3 is 14.5 Å². The summed E-state index contributed by atoms with van der Waals surface area (Å²) in [6.07, 6.45) is 2.59. The minimum absolute atomic E-state index is 0.118. The molecule has 0 saturated carbocycles. The first kappa shape index (κ1) is 18.6. The van der Waals surface area contributed by atoms with Crippen molar-refractivity contribution in [1.29, 1.82) is 0 Å². The van der Waals surface area contributed by atoms with E-state index < -0.39 is 23.1 Å². The van der Waals surface area contributed by atoms with Gasteiger partial charge in [0.15, 0.2) is 0 Å². The highest BCUT2D eigenvalue weighted by atomic mass is 19.1. The van der Waals surface area contributed by atoms with Crippen LogP contribution in [0.5, 0.6) is 0 Å². The first-order chi connectivity index (χ1) is 12.3. The number of nitrogens with zero attached hydrogens (tertiary/aromatic N) is 2. The van der Waals surface area contributed by atoms with E-state index in [4.69, 9.17) is 4.74 Å². The van der Waals surface area contributed by atoms with E-state index in [1.807, 2.05) is 6.92 Å². The van der Waals surface area contributed by atoms with E-state index in [1.54, 1.807) is 4.90 Å². The van der Waals surface area contributed by atoms with Gasteiger partial charge in [0.1, 0.15) is 17.2 Å². The predicted molar refractivity (Wildman–Crippen MR) is 91.8 cm³/mol. The van der Waals surface area contributed by atoms with Crippen LogP contribution in [0, 0.1) is 11.6 Å². The number of piperidine rings is 1. The molecule has 2 fully saturated rings. The van der Waals surface area contributed by atoms with Gasteiger partial charge in [-0.05, 0) is 31.5 Å². The van der Waals surface area contributed by atoms with Crippen molar-refractivity contribution in [3.63, 3.8) is 0 Å². The number of ether oxygens (including phenoxy) is 1. The van der Waals surface area contributed by atoms with E-state index in [9.17, 15) is 18.4 Å². The third-order valence-corrected chi connectivity index (χ3v) is 5.36. The number of halogens is 2. The molecule has 5 nitrogen and oxygen atoms in total. The van der Waals surface area contributed by atoms with Crippen LogP contribution in [0.4, 0.5) is 13.6 Å². The molecule has 0 bridgehead atoms. The van der Waals surface area contributed by atoms with E-state index in [0.29, 0.717) is 32.5 Å². The number of hydrogen-bond acceptors (Lipinski definition) is 3. The molecule has 0 N–H and O–H groups in total. The van der Waals surface area contributed by atoms with Crippen LogP contribution in [0.15, 0.2) is 18.2 Å². The Balaban J connectivity index is 1.65. The van der Waals surface area contributed by atoms with Crippen LogP contribution in [0.25, 0.3) is 0 Å². The molecule has 3 rings (SSSR count). The Kier molecular flexibility index (Phi) is 5.16. The lowest BCUT2D eigenvalue weighted by molar-refractivity contribution is 0.00294. The fourth-order valence-corrected chi connectivity index (χ4v) is 3.77. The summed E-state index contributed by atoms with van der Waals surface area (Å²) in [5, 5.41) is 0. The van der Waals surface area contributed by atoms with Gasteiger partial charge in [-0.2, -0.15) is 0 Å².